The van der Waals surface area contributed by atoms with Gasteiger partial charge in [-0.3, -0.25) is 0 Å². The van der Waals surface area contributed by atoms with E-state index in [0.717, 1.165) is 35.9 Å². The Balaban J connectivity index is 2.19. The molecule has 3 aromatic rings. The molecule has 0 fully saturated rings. The summed E-state index contributed by atoms with van der Waals surface area (Å²) in [5.41, 5.74) is 10.2. The summed E-state index contributed by atoms with van der Waals surface area (Å²) in [7, 11) is 0. The van der Waals surface area contributed by atoms with Crippen LogP contribution in [0.15, 0.2) is 36.4 Å². The zero-order chi connectivity index (χ0) is 16.4. The molecule has 120 valence electrons. The number of rotatable bonds is 5. The molecule has 0 saturated heterocycles. The molecule has 2 nitrogen and oxygen atoms in total. The minimum Gasteiger partial charge on any atom is -0.354 e. The maximum absolute atomic E-state index is 6.48. The highest BCUT2D eigenvalue weighted by Gasteiger charge is 2.16. The zero-order valence-corrected chi connectivity index (χ0v) is 16.2. The highest BCUT2D eigenvalue weighted by Crippen LogP contribution is 2.37. The van der Waals surface area contributed by atoms with Crippen molar-refractivity contribution in [1.82, 2.24) is 4.98 Å². The van der Waals surface area contributed by atoms with Gasteiger partial charge in [-0.15, -0.1) is 0 Å². The van der Waals surface area contributed by atoms with Crippen molar-refractivity contribution in [3.63, 3.8) is 0 Å². The van der Waals surface area contributed by atoms with E-state index in [1.54, 1.807) is 0 Å². The van der Waals surface area contributed by atoms with E-state index in [9.17, 15) is 0 Å². The average molecular weight is 459 g/mol. The van der Waals surface area contributed by atoms with Gasteiger partial charge in [0.2, 0.25) is 0 Å². The number of benzene rings is 2. The third kappa shape index (κ3) is 3.68. The van der Waals surface area contributed by atoms with Gasteiger partial charge in [-0.2, -0.15) is 0 Å². The Morgan fingerprint density at radius 2 is 1.91 bits per heavy atom. The number of fused-ring (bicyclic) bond motifs is 1. The molecule has 0 spiro atoms. The maximum Gasteiger partial charge on any atom is 0.0517 e. The number of hydrogen-bond acceptors (Lipinski definition) is 1. The highest BCUT2D eigenvalue weighted by molar-refractivity contribution is 14.1. The molecule has 0 saturated carbocycles. The SMILES string of the molecule is NCCCCc1c(-c2cccc(I)c2)[nH]c2cc(Cl)cc(Cl)c12. The summed E-state index contributed by atoms with van der Waals surface area (Å²) < 4.78 is 1.20. The van der Waals surface area contributed by atoms with E-state index in [-0.39, 0.29) is 0 Å². The number of halogens is 3. The summed E-state index contributed by atoms with van der Waals surface area (Å²) in [4.78, 5) is 3.51. The Morgan fingerprint density at radius 3 is 2.65 bits per heavy atom. The first kappa shape index (κ1) is 17.1. The molecule has 0 aliphatic rings. The first-order valence-electron chi connectivity index (χ1n) is 7.55. The molecule has 5 heteroatoms. The number of aryl methyl sites for hydroxylation is 1. The number of nitrogens with one attached hydrogen (secondary N) is 1. The van der Waals surface area contributed by atoms with Gasteiger partial charge in [0.05, 0.1) is 5.02 Å². The van der Waals surface area contributed by atoms with Gasteiger partial charge >= 0.3 is 0 Å². The van der Waals surface area contributed by atoms with Crippen LogP contribution in [-0.4, -0.2) is 11.5 Å². The average Bonchev–Trinajstić information content (AvgIpc) is 2.86. The van der Waals surface area contributed by atoms with E-state index in [2.05, 4.69) is 51.8 Å². The van der Waals surface area contributed by atoms with Gasteiger partial charge in [0.15, 0.2) is 0 Å². The molecule has 0 atom stereocenters. The van der Waals surface area contributed by atoms with E-state index in [4.69, 9.17) is 28.9 Å². The van der Waals surface area contributed by atoms with Crippen molar-refractivity contribution in [2.45, 2.75) is 19.3 Å². The molecule has 0 aliphatic heterocycles. The van der Waals surface area contributed by atoms with Crippen LogP contribution in [0, 0.1) is 3.57 Å². The molecular weight excluding hydrogens is 442 g/mol. The van der Waals surface area contributed by atoms with Gasteiger partial charge in [0, 0.05) is 25.2 Å². The highest BCUT2D eigenvalue weighted by atomic mass is 127. The van der Waals surface area contributed by atoms with Crippen molar-refractivity contribution in [2.75, 3.05) is 6.54 Å². The van der Waals surface area contributed by atoms with E-state index < -0.39 is 0 Å². The summed E-state index contributed by atoms with van der Waals surface area (Å²) in [5, 5.41) is 2.41. The van der Waals surface area contributed by atoms with E-state index in [0.29, 0.717) is 16.6 Å². The standard InChI is InChI=1S/C18H17Cl2IN2/c19-12-9-15(20)17-14(6-1-2-7-22)18(23-16(17)10-12)11-4-3-5-13(21)8-11/h3-5,8-10,23H,1-2,6-7,22H2. The normalized spacial score (nSPS) is 11.3. The smallest absolute Gasteiger partial charge is 0.0517 e. The van der Waals surface area contributed by atoms with Crippen molar-refractivity contribution < 1.29 is 0 Å². The molecule has 3 N–H and O–H groups in total. The van der Waals surface area contributed by atoms with Crippen LogP contribution < -0.4 is 5.73 Å². The van der Waals surface area contributed by atoms with Crippen LogP contribution in [0.3, 0.4) is 0 Å². The second kappa shape index (κ2) is 7.43. The third-order valence-corrected chi connectivity index (χ3v) is 5.10. The fourth-order valence-electron chi connectivity index (χ4n) is 2.90. The molecule has 3 rings (SSSR count). The lowest BCUT2D eigenvalue weighted by Gasteiger charge is -2.06. The Hall–Kier alpha value is -0.750. The van der Waals surface area contributed by atoms with Gasteiger partial charge in [-0.1, -0.05) is 35.3 Å². The summed E-state index contributed by atoms with van der Waals surface area (Å²) in [6.45, 7) is 0.709. The number of H-pyrrole nitrogens is 1. The minimum atomic E-state index is 0.645. The van der Waals surface area contributed by atoms with Gasteiger partial charge in [0.1, 0.15) is 0 Å². The number of hydrogen-bond donors (Lipinski definition) is 2. The second-order valence-electron chi connectivity index (χ2n) is 5.54. The minimum absolute atomic E-state index is 0.645. The first-order chi connectivity index (χ1) is 11.1. The van der Waals surface area contributed by atoms with Crippen molar-refractivity contribution in [1.29, 1.82) is 0 Å². The van der Waals surface area contributed by atoms with Crippen molar-refractivity contribution in [2.24, 2.45) is 5.73 Å². The molecule has 23 heavy (non-hydrogen) atoms. The van der Waals surface area contributed by atoms with E-state index >= 15 is 0 Å². The van der Waals surface area contributed by atoms with Gasteiger partial charge in [-0.05, 0) is 83.8 Å². The van der Waals surface area contributed by atoms with Crippen LogP contribution in [0.1, 0.15) is 18.4 Å². The molecule has 0 bridgehead atoms. The summed E-state index contributed by atoms with van der Waals surface area (Å²) in [6, 6.07) is 12.2. The molecule has 0 unspecified atom stereocenters. The monoisotopic (exact) mass is 458 g/mol. The van der Waals surface area contributed by atoms with Crippen molar-refractivity contribution >= 4 is 56.7 Å². The molecule has 1 aromatic heterocycles. The van der Waals surface area contributed by atoms with Crippen LogP contribution in [0.25, 0.3) is 22.2 Å². The Morgan fingerprint density at radius 1 is 1.09 bits per heavy atom. The lowest BCUT2D eigenvalue weighted by molar-refractivity contribution is 0.748. The molecular formula is C18H17Cl2IN2. The molecule has 2 aromatic carbocycles. The van der Waals surface area contributed by atoms with Crippen LogP contribution >= 0.6 is 45.8 Å². The molecule has 0 amide bonds. The summed E-state index contributed by atoms with van der Waals surface area (Å²) in [6.07, 6.45) is 2.99. The lowest BCUT2D eigenvalue weighted by Crippen LogP contribution is -1.99. The quantitative estimate of drug-likeness (QED) is 0.355. The van der Waals surface area contributed by atoms with E-state index in [1.165, 1.54) is 14.7 Å². The zero-order valence-electron chi connectivity index (χ0n) is 12.5. The van der Waals surface area contributed by atoms with Crippen LogP contribution in [0.5, 0.6) is 0 Å². The van der Waals surface area contributed by atoms with Crippen LogP contribution in [0.2, 0.25) is 10.0 Å². The Bertz CT molecular complexity index is 842. The number of unbranched alkanes of at least 4 members (excludes halogenated alkanes) is 1. The number of aromatic nitrogens is 1. The Labute approximate surface area is 159 Å². The van der Waals surface area contributed by atoms with Crippen LogP contribution in [-0.2, 0) is 6.42 Å². The fraction of sp³-hybridized carbons (Fsp3) is 0.222. The lowest BCUT2D eigenvalue weighted by atomic mass is 10.0. The predicted octanol–water partition coefficient (Wildman–Crippen LogP) is 6.03. The third-order valence-electron chi connectivity index (χ3n) is 3.91. The maximum atomic E-state index is 6.48. The second-order valence-corrected chi connectivity index (χ2v) is 7.63. The Kier molecular flexibility index (Phi) is 5.52. The molecule has 0 radical (unpaired) electrons. The summed E-state index contributed by atoms with van der Waals surface area (Å²) >= 11 is 15.0. The van der Waals surface area contributed by atoms with Gasteiger partial charge < -0.3 is 10.7 Å². The van der Waals surface area contributed by atoms with Gasteiger partial charge in [-0.25, -0.2) is 0 Å². The fourth-order valence-corrected chi connectivity index (χ4v) is 4.05. The first-order valence-corrected chi connectivity index (χ1v) is 9.39. The number of nitrogens with two attached hydrogens (primary N) is 1. The van der Waals surface area contributed by atoms with Gasteiger partial charge in [0.25, 0.3) is 0 Å². The van der Waals surface area contributed by atoms with Crippen molar-refractivity contribution in [3.05, 3.63) is 55.6 Å². The largest absolute Gasteiger partial charge is 0.354 e. The predicted molar refractivity (Wildman–Crippen MR) is 108 cm³/mol. The molecule has 0 aliphatic carbocycles. The summed E-state index contributed by atoms with van der Waals surface area (Å²) in [5.74, 6) is 0. The molecule has 1 heterocycles. The topological polar surface area (TPSA) is 41.8 Å². The van der Waals surface area contributed by atoms with E-state index in [1.807, 2.05) is 12.1 Å². The van der Waals surface area contributed by atoms with Crippen LogP contribution in [0.4, 0.5) is 0 Å². The van der Waals surface area contributed by atoms with Crippen molar-refractivity contribution in [3.8, 4) is 11.3 Å². The number of aromatic amines is 1.